The fourth-order valence-corrected chi connectivity index (χ4v) is 3.29. The first-order valence-electron chi connectivity index (χ1n) is 8.60. The maximum atomic E-state index is 12.6. The summed E-state index contributed by atoms with van der Waals surface area (Å²) < 4.78 is 1.31. The van der Waals surface area contributed by atoms with E-state index < -0.39 is 0 Å². The van der Waals surface area contributed by atoms with Crippen molar-refractivity contribution in [2.24, 2.45) is 5.92 Å². The minimum atomic E-state index is -0.338. The molecule has 0 aliphatic heterocycles. The van der Waals surface area contributed by atoms with Crippen LogP contribution in [0, 0.1) is 5.92 Å². The number of aromatic nitrogens is 2. The Morgan fingerprint density at radius 1 is 1.24 bits per heavy atom. The highest BCUT2D eigenvalue weighted by Crippen LogP contribution is 2.26. The molecule has 1 aliphatic rings. The lowest BCUT2D eigenvalue weighted by molar-refractivity contribution is 0.0686. The van der Waals surface area contributed by atoms with Gasteiger partial charge in [-0.25, -0.2) is 4.68 Å². The van der Waals surface area contributed by atoms with Crippen molar-refractivity contribution in [2.75, 3.05) is 13.6 Å². The maximum Gasteiger partial charge on any atom is 0.274 e. The number of carbonyl (C=O) groups excluding carboxylic acids is 1. The molecule has 3 rings (SSSR count). The molecule has 1 aromatic carbocycles. The van der Waals surface area contributed by atoms with Gasteiger partial charge in [0, 0.05) is 25.6 Å². The molecule has 0 radical (unpaired) electrons. The van der Waals surface area contributed by atoms with Gasteiger partial charge in [0.15, 0.2) is 0 Å². The Bertz CT molecular complexity index is 788. The Kier molecular flexibility index (Phi) is 5.28. The summed E-state index contributed by atoms with van der Waals surface area (Å²) in [5, 5.41) is 14.2. The molecule has 1 saturated carbocycles. The van der Waals surface area contributed by atoms with Crippen molar-refractivity contribution in [3.05, 3.63) is 64.1 Å². The van der Waals surface area contributed by atoms with Crippen LogP contribution >= 0.6 is 0 Å². The van der Waals surface area contributed by atoms with E-state index in [4.69, 9.17) is 0 Å². The average molecular weight is 341 g/mol. The van der Waals surface area contributed by atoms with Crippen LogP contribution in [0.4, 0.5) is 0 Å². The third kappa shape index (κ3) is 4.14. The van der Waals surface area contributed by atoms with E-state index in [0.717, 1.165) is 24.8 Å². The second-order valence-electron chi connectivity index (χ2n) is 6.64. The Morgan fingerprint density at radius 3 is 2.68 bits per heavy atom. The van der Waals surface area contributed by atoms with Crippen LogP contribution in [0.2, 0.25) is 0 Å². The van der Waals surface area contributed by atoms with Crippen molar-refractivity contribution in [1.29, 1.82) is 0 Å². The normalized spacial score (nSPS) is 19.8. The van der Waals surface area contributed by atoms with E-state index in [1.54, 1.807) is 11.9 Å². The summed E-state index contributed by atoms with van der Waals surface area (Å²) in [6, 6.07) is 12.4. The zero-order chi connectivity index (χ0) is 17.8. The lowest BCUT2D eigenvalue weighted by Gasteiger charge is -2.23. The minimum Gasteiger partial charge on any atom is -0.393 e. The fourth-order valence-electron chi connectivity index (χ4n) is 3.29. The smallest absolute Gasteiger partial charge is 0.274 e. The molecular weight excluding hydrogens is 318 g/mol. The molecule has 0 saturated heterocycles. The molecule has 132 valence electrons. The first-order valence-corrected chi connectivity index (χ1v) is 8.60. The molecule has 1 aliphatic carbocycles. The van der Waals surface area contributed by atoms with E-state index in [-0.39, 0.29) is 29.2 Å². The molecule has 1 amide bonds. The molecule has 6 nitrogen and oxygen atoms in total. The summed E-state index contributed by atoms with van der Waals surface area (Å²) in [6.45, 7) is 0.825. The molecule has 6 heteroatoms. The second kappa shape index (κ2) is 7.61. The maximum absolute atomic E-state index is 12.6. The van der Waals surface area contributed by atoms with E-state index in [1.165, 1.54) is 16.8 Å². The minimum absolute atomic E-state index is 0.115. The Balaban J connectivity index is 1.74. The van der Waals surface area contributed by atoms with Crippen molar-refractivity contribution >= 4 is 5.91 Å². The number of amides is 1. The molecule has 0 bridgehead atoms. The summed E-state index contributed by atoms with van der Waals surface area (Å²) in [4.78, 5) is 26.2. The number of rotatable bonds is 5. The summed E-state index contributed by atoms with van der Waals surface area (Å²) in [5.74, 6) is -0.120. The largest absolute Gasteiger partial charge is 0.393 e. The first kappa shape index (κ1) is 17.4. The average Bonchev–Trinajstić information content (AvgIpc) is 3.02. The number of aliphatic hydroxyl groups excluding tert-OH is 1. The number of hydrogen-bond acceptors (Lipinski definition) is 4. The topological polar surface area (TPSA) is 75.4 Å². The van der Waals surface area contributed by atoms with Crippen molar-refractivity contribution in [2.45, 2.75) is 31.9 Å². The fraction of sp³-hybridized carbons (Fsp3) is 0.421. The SMILES string of the molecule is CN(CC1CCCC1O)C(=O)c1ccc(=O)n(Cc2ccccc2)n1. The summed E-state index contributed by atoms with van der Waals surface area (Å²) in [7, 11) is 1.71. The van der Waals surface area contributed by atoms with Crippen molar-refractivity contribution in [3.8, 4) is 0 Å². The van der Waals surface area contributed by atoms with Gasteiger partial charge in [0.2, 0.25) is 0 Å². The van der Waals surface area contributed by atoms with Crippen LogP contribution in [0.15, 0.2) is 47.3 Å². The van der Waals surface area contributed by atoms with Gasteiger partial charge in [0.25, 0.3) is 11.5 Å². The molecule has 2 atom stereocenters. The molecular formula is C19H23N3O3. The monoisotopic (exact) mass is 341 g/mol. The molecule has 1 fully saturated rings. The van der Waals surface area contributed by atoms with Crippen LogP contribution < -0.4 is 5.56 Å². The quantitative estimate of drug-likeness (QED) is 0.895. The number of carbonyl (C=O) groups is 1. The highest BCUT2D eigenvalue weighted by molar-refractivity contribution is 5.91. The second-order valence-corrected chi connectivity index (χ2v) is 6.64. The van der Waals surface area contributed by atoms with Crippen LogP contribution in [0.1, 0.15) is 35.3 Å². The molecule has 0 spiro atoms. The molecule has 1 N–H and O–H groups in total. The van der Waals surface area contributed by atoms with Crippen LogP contribution in [0.25, 0.3) is 0 Å². The van der Waals surface area contributed by atoms with Gasteiger partial charge in [-0.3, -0.25) is 9.59 Å². The summed E-state index contributed by atoms with van der Waals surface area (Å²) in [5.41, 5.74) is 0.948. The van der Waals surface area contributed by atoms with Gasteiger partial charge in [-0.1, -0.05) is 36.8 Å². The van der Waals surface area contributed by atoms with E-state index in [9.17, 15) is 14.7 Å². The van der Waals surface area contributed by atoms with Gasteiger partial charge in [-0.15, -0.1) is 0 Å². The summed E-state index contributed by atoms with van der Waals surface area (Å²) in [6.07, 6.45) is 2.39. The molecule has 2 unspecified atom stereocenters. The highest BCUT2D eigenvalue weighted by atomic mass is 16.3. The van der Waals surface area contributed by atoms with Crippen LogP contribution in [0.3, 0.4) is 0 Å². The predicted octanol–water partition coefficient (Wildman–Crippen LogP) is 1.52. The molecule has 1 aromatic heterocycles. The van der Waals surface area contributed by atoms with Gasteiger partial charge in [-0.2, -0.15) is 5.10 Å². The molecule has 25 heavy (non-hydrogen) atoms. The lowest BCUT2D eigenvalue weighted by Crippen LogP contribution is -2.36. The lowest BCUT2D eigenvalue weighted by atomic mass is 10.1. The van der Waals surface area contributed by atoms with E-state index >= 15 is 0 Å². The van der Waals surface area contributed by atoms with Gasteiger partial charge in [0.1, 0.15) is 5.69 Å². The van der Waals surface area contributed by atoms with Crippen LogP contribution in [0.5, 0.6) is 0 Å². The van der Waals surface area contributed by atoms with Gasteiger partial charge in [-0.05, 0) is 24.5 Å². The van der Waals surface area contributed by atoms with Gasteiger partial charge < -0.3 is 10.0 Å². The highest BCUT2D eigenvalue weighted by Gasteiger charge is 2.28. The van der Waals surface area contributed by atoms with Crippen LogP contribution in [-0.2, 0) is 6.54 Å². The zero-order valence-electron chi connectivity index (χ0n) is 14.3. The van der Waals surface area contributed by atoms with Gasteiger partial charge in [0.05, 0.1) is 12.6 Å². The van der Waals surface area contributed by atoms with E-state index in [0.29, 0.717) is 13.1 Å². The molecule has 2 aromatic rings. The number of aliphatic hydroxyl groups is 1. The Morgan fingerprint density at radius 2 is 2.00 bits per heavy atom. The first-order chi connectivity index (χ1) is 12.0. The number of nitrogens with zero attached hydrogens (tertiary/aromatic N) is 3. The van der Waals surface area contributed by atoms with Crippen molar-refractivity contribution in [1.82, 2.24) is 14.7 Å². The van der Waals surface area contributed by atoms with E-state index in [1.807, 2.05) is 30.3 Å². The summed E-state index contributed by atoms with van der Waals surface area (Å²) >= 11 is 0. The molecule has 1 heterocycles. The predicted molar refractivity (Wildman–Crippen MR) is 94.3 cm³/mol. The Labute approximate surface area is 146 Å². The van der Waals surface area contributed by atoms with E-state index in [2.05, 4.69) is 5.10 Å². The number of benzene rings is 1. The third-order valence-electron chi connectivity index (χ3n) is 4.73. The van der Waals surface area contributed by atoms with Gasteiger partial charge >= 0.3 is 0 Å². The van der Waals surface area contributed by atoms with Crippen molar-refractivity contribution in [3.63, 3.8) is 0 Å². The standard InChI is InChI=1S/C19H23N3O3/c1-21(13-15-8-5-9-17(15)23)19(25)16-10-11-18(24)22(20-16)12-14-6-3-2-4-7-14/h2-4,6-7,10-11,15,17,23H,5,8-9,12-13H2,1H3. The van der Waals surface area contributed by atoms with Crippen LogP contribution in [-0.4, -0.2) is 45.4 Å². The number of hydrogen-bond donors (Lipinski definition) is 1. The van der Waals surface area contributed by atoms with Crippen molar-refractivity contribution < 1.29 is 9.90 Å². The Hall–Kier alpha value is -2.47. The third-order valence-corrected chi connectivity index (χ3v) is 4.73. The zero-order valence-corrected chi connectivity index (χ0v) is 14.3.